The molecule has 0 unspecified atom stereocenters. The van der Waals surface area contributed by atoms with Crippen LogP contribution in [0.15, 0.2) is 42.6 Å². The van der Waals surface area contributed by atoms with Crippen molar-refractivity contribution in [3.05, 3.63) is 54.0 Å². The molecule has 1 aliphatic rings. The highest BCUT2D eigenvalue weighted by molar-refractivity contribution is 5.77. The first-order chi connectivity index (χ1) is 13.3. The minimum Gasteiger partial charge on any atom is -0.481 e. The summed E-state index contributed by atoms with van der Waals surface area (Å²) in [5.74, 6) is -0.677. The maximum Gasteiger partial charge on any atom is 0.417 e. The highest BCUT2D eigenvalue weighted by Crippen LogP contribution is 2.29. The molecule has 0 aliphatic carbocycles. The van der Waals surface area contributed by atoms with Crippen molar-refractivity contribution in [2.24, 2.45) is 0 Å². The van der Waals surface area contributed by atoms with E-state index in [9.17, 15) is 22.4 Å². The first kappa shape index (κ1) is 19.9. The van der Waals surface area contributed by atoms with Crippen LogP contribution in [0.2, 0.25) is 0 Å². The van der Waals surface area contributed by atoms with E-state index in [4.69, 9.17) is 9.47 Å². The summed E-state index contributed by atoms with van der Waals surface area (Å²) in [5, 5.41) is 0. The molecule has 0 bridgehead atoms. The molecule has 2 aromatic rings. The van der Waals surface area contributed by atoms with E-state index >= 15 is 0 Å². The molecule has 5 nitrogen and oxygen atoms in total. The van der Waals surface area contributed by atoms with Crippen LogP contribution in [0.4, 0.5) is 17.6 Å². The van der Waals surface area contributed by atoms with Crippen LogP contribution in [0.3, 0.4) is 0 Å². The van der Waals surface area contributed by atoms with E-state index in [1.807, 2.05) is 0 Å². The Morgan fingerprint density at radius 3 is 2.46 bits per heavy atom. The molecule has 3 rings (SSSR count). The van der Waals surface area contributed by atoms with Crippen molar-refractivity contribution < 1.29 is 31.8 Å². The van der Waals surface area contributed by atoms with Gasteiger partial charge in [0.05, 0.1) is 5.56 Å². The van der Waals surface area contributed by atoms with E-state index < -0.39 is 17.6 Å². The first-order valence-corrected chi connectivity index (χ1v) is 8.68. The van der Waals surface area contributed by atoms with Gasteiger partial charge in [-0.05, 0) is 18.2 Å². The summed E-state index contributed by atoms with van der Waals surface area (Å²) in [6, 6.07) is 7.93. The monoisotopic (exact) mass is 398 g/mol. The third-order valence-corrected chi connectivity index (χ3v) is 4.33. The molecule has 9 heteroatoms. The van der Waals surface area contributed by atoms with Crippen LogP contribution >= 0.6 is 0 Å². The molecule has 2 heterocycles. The lowest BCUT2D eigenvalue weighted by Gasteiger charge is -2.31. The third-order valence-electron chi connectivity index (χ3n) is 4.33. The van der Waals surface area contributed by atoms with Gasteiger partial charge in [-0.3, -0.25) is 4.79 Å². The minimum absolute atomic E-state index is 0.0162. The van der Waals surface area contributed by atoms with Crippen LogP contribution in [-0.2, 0) is 11.0 Å². The number of amides is 1. The average Bonchev–Trinajstić information content (AvgIpc) is 2.67. The van der Waals surface area contributed by atoms with Gasteiger partial charge < -0.3 is 14.4 Å². The molecule has 0 atom stereocenters. The van der Waals surface area contributed by atoms with Crippen LogP contribution < -0.4 is 9.47 Å². The van der Waals surface area contributed by atoms with Gasteiger partial charge in [-0.15, -0.1) is 0 Å². The number of pyridine rings is 1. The molecule has 0 N–H and O–H groups in total. The van der Waals surface area contributed by atoms with Crippen molar-refractivity contribution in [3.63, 3.8) is 0 Å². The van der Waals surface area contributed by atoms with Gasteiger partial charge in [0.25, 0.3) is 5.91 Å². The zero-order valence-corrected chi connectivity index (χ0v) is 14.8. The molecule has 1 aliphatic heterocycles. The van der Waals surface area contributed by atoms with Gasteiger partial charge in [0.2, 0.25) is 5.88 Å². The number of para-hydroxylation sites is 1. The number of rotatable bonds is 5. The summed E-state index contributed by atoms with van der Waals surface area (Å²) in [5.41, 5.74) is -0.838. The molecule has 1 aromatic carbocycles. The number of piperidine rings is 1. The second-order valence-corrected chi connectivity index (χ2v) is 6.30. The fourth-order valence-corrected chi connectivity index (χ4v) is 2.80. The van der Waals surface area contributed by atoms with E-state index in [0.717, 1.165) is 12.3 Å². The zero-order chi connectivity index (χ0) is 20.1. The van der Waals surface area contributed by atoms with E-state index in [1.165, 1.54) is 24.3 Å². The number of halogens is 4. The molecule has 1 aromatic heterocycles. The Bertz CT molecular complexity index is 804. The average molecular weight is 398 g/mol. The van der Waals surface area contributed by atoms with Gasteiger partial charge in [-0.25, -0.2) is 9.37 Å². The van der Waals surface area contributed by atoms with Gasteiger partial charge in [0.1, 0.15) is 6.10 Å². The van der Waals surface area contributed by atoms with Gasteiger partial charge in [0.15, 0.2) is 18.2 Å². The molecular formula is C19H18F4N2O3. The predicted molar refractivity (Wildman–Crippen MR) is 91.4 cm³/mol. The first-order valence-electron chi connectivity index (χ1n) is 8.68. The van der Waals surface area contributed by atoms with E-state index in [2.05, 4.69) is 4.98 Å². The summed E-state index contributed by atoms with van der Waals surface area (Å²) in [4.78, 5) is 17.5. The van der Waals surface area contributed by atoms with Crippen LogP contribution in [0, 0.1) is 5.82 Å². The Morgan fingerprint density at radius 1 is 1.14 bits per heavy atom. The lowest BCUT2D eigenvalue weighted by molar-refractivity contribution is -0.138. The molecule has 0 saturated carbocycles. The number of carbonyl (C=O) groups is 1. The molecule has 150 valence electrons. The molecule has 28 heavy (non-hydrogen) atoms. The number of likely N-dealkylation sites (tertiary alicyclic amines) is 1. The largest absolute Gasteiger partial charge is 0.481 e. The fraction of sp³-hybridized carbons (Fsp3) is 0.368. The van der Waals surface area contributed by atoms with E-state index in [1.54, 1.807) is 11.0 Å². The second-order valence-electron chi connectivity index (χ2n) is 6.30. The van der Waals surface area contributed by atoms with Crippen LogP contribution in [-0.4, -0.2) is 41.6 Å². The summed E-state index contributed by atoms with van der Waals surface area (Å²) >= 11 is 0. The number of ether oxygens (including phenoxy) is 2. The number of carbonyl (C=O) groups excluding carboxylic acids is 1. The summed E-state index contributed by atoms with van der Waals surface area (Å²) in [6.45, 7) is 0.544. The number of alkyl halides is 3. The highest BCUT2D eigenvalue weighted by atomic mass is 19.4. The molecule has 0 spiro atoms. The zero-order valence-electron chi connectivity index (χ0n) is 14.8. The second kappa shape index (κ2) is 8.45. The predicted octanol–water partition coefficient (Wildman–Crippen LogP) is 3.69. The number of hydrogen-bond acceptors (Lipinski definition) is 4. The van der Waals surface area contributed by atoms with Crippen molar-refractivity contribution >= 4 is 5.91 Å². The molecular weight excluding hydrogens is 380 g/mol. The normalized spacial score (nSPS) is 15.4. The smallest absolute Gasteiger partial charge is 0.417 e. The summed E-state index contributed by atoms with van der Waals surface area (Å²) < 4.78 is 61.9. The van der Waals surface area contributed by atoms with E-state index in [0.29, 0.717) is 25.9 Å². The fourth-order valence-electron chi connectivity index (χ4n) is 2.80. The van der Waals surface area contributed by atoms with Crippen molar-refractivity contribution in [1.29, 1.82) is 0 Å². The van der Waals surface area contributed by atoms with Crippen LogP contribution in [0.5, 0.6) is 11.6 Å². The lowest BCUT2D eigenvalue weighted by Crippen LogP contribution is -2.43. The Balaban J connectivity index is 1.45. The van der Waals surface area contributed by atoms with Gasteiger partial charge >= 0.3 is 6.18 Å². The van der Waals surface area contributed by atoms with Crippen molar-refractivity contribution in [1.82, 2.24) is 9.88 Å². The third kappa shape index (κ3) is 5.11. The molecule has 0 radical (unpaired) electrons. The summed E-state index contributed by atoms with van der Waals surface area (Å²) in [6.07, 6.45) is -2.95. The van der Waals surface area contributed by atoms with Crippen molar-refractivity contribution in [2.75, 3.05) is 19.7 Å². The maximum atomic E-state index is 13.5. The Labute approximate surface area is 158 Å². The molecule has 1 fully saturated rings. The quantitative estimate of drug-likeness (QED) is 0.721. The highest BCUT2D eigenvalue weighted by Gasteiger charge is 2.31. The van der Waals surface area contributed by atoms with Crippen LogP contribution in [0.25, 0.3) is 0 Å². The topological polar surface area (TPSA) is 51.7 Å². The summed E-state index contributed by atoms with van der Waals surface area (Å²) in [7, 11) is 0. The minimum atomic E-state index is -4.44. The lowest BCUT2D eigenvalue weighted by atomic mass is 10.1. The molecule has 1 amide bonds. The van der Waals surface area contributed by atoms with Gasteiger partial charge in [-0.2, -0.15) is 13.2 Å². The number of hydrogen-bond donors (Lipinski definition) is 0. The van der Waals surface area contributed by atoms with Crippen LogP contribution in [0.1, 0.15) is 18.4 Å². The van der Waals surface area contributed by atoms with Gasteiger partial charge in [-0.1, -0.05) is 12.1 Å². The van der Waals surface area contributed by atoms with E-state index in [-0.39, 0.29) is 30.2 Å². The SMILES string of the molecule is O=C(COc1ccccc1F)N1CCC(Oc2ccc(C(F)(F)F)cn2)CC1. The Kier molecular flexibility index (Phi) is 6.01. The van der Waals surface area contributed by atoms with Gasteiger partial charge in [0, 0.05) is 38.2 Å². The standard InChI is InChI=1S/C19H18F4N2O3/c20-15-3-1-2-4-16(15)27-12-18(26)25-9-7-14(8-10-25)28-17-6-5-13(11-24-17)19(21,22)23/h1-6,11,14H,7-10,12H2. The Morgan fingerprint density at radius 2 is 1.86 bits per heavy atom. The molecule has 1 saturated heterocycles. The maximum absolute atomic E-state index is 13.5. The van der Waals surface area contributed by atoms with Crippen molar-refractivity contribution in [3.8, 4) is 11.6 Å². The number of benzene rings is 1. The number of aromatic nitrogens is 1. The van der Waals surface area contributed by atoms with Crippen molar-refractivity contribution in [2.45, 2.75) is 25.1 Å². The number of nitrogens with zero attached hydrogens (tertiary/aromatic N) is 2. The Hall–Kier alpha value is -2.84.